The van der Waals surface area contributed by atoms with Crippen molar-refractivity contribution in [2.24, 2.45) is 0 Å². The standard InChI is InChI=1S/C50H59N10O8PS/c1-5-67-69(65,68-6-2)49(59-15-13-57(14-16-59)30-38-22-41-44(70-38)46(58-17-19-66-20-18-58)56-45(55-41)37-26-53-50(51)54-27-37)34-11-9-33(10-12-34)47(63)52-25-32-7-8-35-28-60(29-36(35)21-32)48(64)40-23-39(31(3)4)42(61)24-43(40)62/h7-12,21-24,26-27,31,49,61-62H,5-6,13-20,25,28-30H2,1-4H3,(H,52,63)(H2,51,53,54). The summed E-state index contributed by atoms with van der Waals surface area (Å²) in [4.78, 5) is 55.0. The summed E-state index contributed by atoms with van der Waals surface area (Å²) in [6.45, 7) is 14.9. The minimum Gasteiger partial charge on any atom is -0.508 e. The number of aromatic nitrogens is 4. The van der Waals surface area contributed by atoms with E-state index in [1.54, 1.807) is 46.8 Å². The third-order valence-corrected chi connectivity index (χ3v) is 16.5. The molecule has 368 valence electrons. The fraction of sp³-hybridized carbons (Fsp3) is 0.400. The van der Waals surface area contributed by atoms with Crippen molar-refractivity contribution in [3.05, 3.63) is 117 Å². The molecule has 0 spiro atoms. The van der Waals surface area contributed by atoms with E-state index in [0.29, 0.717) is 81.5 Å². The molecule has 70 heavy (non-hydrogen) atoms. The van der Waals surface area contributed by atoms with E-state index in [4.69, 9.17) is 29.5 Å². The number of ether oxygens (including phenoxy) is 1. The highest BCUT2D eigenvalue weighted by molar-refractivity contribution is 7.54. The van der Waals surface area contributed by atoms with E-state index in [0.717, 1.165) is 56.3 Å². The van der Waals surface area contributed by atoms with E-state index in [1.807, 2.05) is 58.0 Å². The number of benzene rings is 3. The third kappa shape index (κ3) is 10.5. The Labute approximate surface area is 411 Å². The molecular formula is C50H59N10O8PS. The van der Waals surface area contributed by atoms with Gasteiger partial charge in [-0.2, -0.15) is 0 Å². The molecular weight excluding hydrogens is 932 g/mol. The van der Waals surface area contributed by atoms with E-state index in [-0.39, 0.29) is 60.5 Å². The van der Waals surface area contributed by atoms with Gasteiger partial charge < -0.3 is 44.8 Å². The van der Waals surface area contributed by atoms with E-state index in [2.05, 4.69) is 36.1 Å². The Kier molecular flexibility index (Phi) is 14.8. The van der Waals surface area contributed by atoms with Gasteiger partial charge in [-0.25, -0.2) is 19.9 Å². The molecule has 0 saturated carbocycles. The zero-order valence-corrected chi connectivity index (χ0v) is 41.5. The van der Waals surface area contributed by atoms with Crippen LogP contribution in [0, 0.1) is 0 Å². The summed E-state index contributed by atoms with van der Waals surface area (Å²) in [7, 11) is -3.70. The summed E-state index contributed by atoms with van der Waals surface area (Å²) in [6, 6.07) is 18.0. The molecule has 0 radical (unpaired) electrons. The summed E-state index contributed by atoms with van der Waals surface area (Å²) >= 11 is 1.69. The fourth-order valence-electron chi connectivity index (χ4n) is 9.32. The number of nitrogens with two attached hydrogens (primary N) is 1. The summed E-state index contributed by atoms with van der Waals surface area (Å²) in [5.74, 6) is -0.0197. The van der Waals surface area contributed by atoms with Crippen LogP contribution in [0.2, 0.25) is 0 Å². The second kappa shape index (κ2) is 21.1. The van der Waals surface area contributed by atoms with Gasteiger partial charge in [0.2, 0.25) is 5.95 Å². The number of carbonyl (C=O) groups is 2. The molecule has 5 N–H and O–H groups in total. The first-order valence-electron chi connectivity index (χ1n) is 23.7. The number of carbonyl (C=O) groups excluding carboxylic acids is 2. The Morgan fingerprint density at radius 2 is 1.57 bits per heavy atom. The van der Waals surface area contributed by atoms with E-state index in [9.17, 15) is 24.4 Å². The number of anilines is 2. The van der Waals surface area contributed by atoms with Gasteiger partial charge in [-0.1, -0.05) is 44.2 Å². The summed E-state index contributed by atoms with van der Waals surface area (Å²) in [5, 5.41) is 23.8. The van der Waals surface area contributed by atoms with Crippen molar-refractivity contribution in [1.82, 2.24) is 40.0 Å². The molecule has 1 atom stereocenters. The van der Waals surface area contributed by atoms with Crippen molar-refractivity contribution in [2.75, 3.05) is 76.3 Å². The smallest absolute Gasteiger partial charge is 0.352 e. The van der Waals surface area contributed by atoms with Crippen molar-refractivity contribution in [1.29, 1.82) is 0 Å². The van der Waals surface area contributed by atoms with Gasteiger partial charge in [-0.05, 0) is 71.8 Å². The number of piperazine rings is 1. The van der Waals surface area contributed by atoms with Gasteiger partial charge in [-0.15, -0.1) is 11.3 Å². The van der Waals surface area contributed by atoms with Gasteiger partial charge in [0.25, 0.3) is 11.8 Å². The number of phenols is 2. The molecule has 0 bridgehead atoms. The monoisotopic (exact) mass is 990 g/mol. The summed E-state index contributed by atoms with van der Waals surface area (Å²) in [5.41, 5.74) is 12.1. The minimum absolute atomic E-state index is 0.0318. The number of nitrogens with one attached hydrogen (secondary N) is 1. The van der Waals surface area contributed by atoms with Crippen LogP contribution in [0.5, 0.6) is 11.5 Å². The van der Waals surface area contributed by atoms with Crippen LogP contribution in [0.1, 0.15) is 92.8 Å². The number of phenolic OH excluding ortho intramolecular Hbond substituents is 2. The number of aromatic hydroxyl groups is 2. The lowest BCUT2D eigenvalue weighted by atomic mass is 9.98. The first-order chi connectivity index (χ1) is 33.8. The minimum atomic E-state index is -3.70. The highest BCUT2D eigenvalue weighted by Crippen LogP contribution is 2.62. The van der Waals surface area contributed by atoms with Gasteiger partial charge in [-0.3, -0.25) is 24.0 Å². The van der Waals surface area contributed by atoms with E-state index < -0.39 is 13.4 Å². The highest BCUT2D eigenvalue weighted by atomic mass is 32.1. The van der Waals surface area contributed by atoms with Crippen molar-refractivity contribution in [2.45, 2.75) is 65.6 Å². The SMILES string of the molecule is CCOP(=O)(OCC)C(c1ccc(C(=O)NCc2ccc3c(c2)CN(C(=O)c2cc(C(C)C)c(O)cc2O)C3)cc1)N1CCN(Cc2cc3nc(-c4cnc(N)nc4)nc(N4CCOCC4)c3s2)CC1. The topological polar surface area (TPSA) is 222 Å². The molecule has 1 unspecified atom stereocenters. The Hall–Kier alpha value is -6.05. The lowest BCUT2D eigenvalue weighted by molar-refractivity contribution is 0.0747. The molecule has 3 aliphatic heterocycles. The van der Waals surface area contributed by atoms with Crippen molar-refractivity contribution in [3.63, 3.8) is 0 Å². The van der Waals surface area contributed by atoms with Crippen LogP contribution in [0.25, 0.3) is 21.6 Å². The maximum atomic E-state index is 14.7. The van der Waals surface area contributed by atoms with Crippen molar-refractivity contribution < 1.29 is 38.2 Å². The Morgan fingerprint density at radius 3 is 2.26 bits per heavy atom. The zero-order valence-electron chi connectivity index (χ0n) is 39.8. The Balaban J connectivity index is 0.853. The number of morpholine rings is 1. The van der Waals surface area contributed by atoms with Crippen LogP contribution >= 0.6 is 18.9 Å². The fourth-order valence-corrected chi connectivity index (χ4v) is 12.7. The molecule has 6 aromatic rings. The number of nitrogen functional groups attached to an aromatic ring is 1. The van der Waals surface area contributed by atoms with Crippen LogP contribution in [0.3, 0.4) is 0 Å². The quantitative estimate of drug-likeness (QED) is 0.0700. The molecule has 6 heterocycles. The highest BCUT2D eigenvalue weighted by Gasteiger charge is 2.42. The van der Waals surface area contributed by atoms with Crippen LogP contribution in [-0.2, 0) is 44.5 Å². The molecule has 3 aliphatic rings. The average Bonchev–Trinajstić information content (AvgIpc) is 3.98. The van der Waals surface area contributed by atoms with Gasteiger partial charge in [0.15, 0.2) is 11.6 Å². The van der Waals surface area contributed by atoms with Crippen molar-refractivity contribution in [3.8, 4) is 22.9 Å². The number of hydrogen-bond acceptors (Lipinski definition) is 17. The maximum Gasteiger partial charge on any atom is 0.352 e. The number of hydrogen-bond donors (Lipinski definition) is 4. The van der Waals surface area contributed by atoms with E-state index >= 15 is 0 Å². The van der Waals surface area contributed by atoms with Crippen molar-refractivity contribution >= 4 is 52.7 Å². The molecule has 18 nitrogen and oxygen atoms in total. The van der Waals surface area contributed by atoms with Crippen LogP contribution in [0.4, 0.5) is 11.8 Å². The molecule has 2 fully saturated rings. The summed E-state index contributed by atoms with van der Waals surface area (Å²) < 4.78 is 33.3. The number of amides is 2. The number of nitrogens with zero attached hydrogens (tertiary/aromatic N) is 8. The average molecular weight is 991 g/mol. The lowest BCUT2D eigenvalue weighted by Gasteiger charge is -2.41. The summed E-state index contributed by atoms with van der Waals surface area (Å²) in [6.07, 6.45) is 3.29. The molecule has 2 amide bonds. The van der Waals surface area contributed by atoms with Gasteiger partial charge in [0.1, 0.15) is 17.3 Å². The normalized spacial score (nSPS) is 16.2. The Bertz CT molecular complexity index is 2900. The molecule has 2 saturated heterocycles. The third-order valence-electron chi connectivity index (χ3n) is 12.9. The number of fused-ring (bicyclic) bond motifs is 2. The predicted molar refractivity (Wildman–Crippen MR) is 268 cm³/mol. The van der Waals surface area contributed by atoms with Gasteiger partial charge in [0, 0.05) is 94.3 Å². The largest absolute Gasteiger partial charge is 0.508 e. The molecule has 3 aromatic carbocycles. The Morgan fingerprint density at radius 1 is 0.871 bits per heavy atom. The lowest BCUT2D eigenvalue weighted by Crippen LogP contribution is -2.47. The second-order valence-corrected chi connectivity index (χ2v) is 21.2. The molecule has 9 rings (SSSR count). The molecule has 0 aliphatic carbocycles. The molecule has 3 aromatic heterocycles. The number of rotatable bonds is 16. The second-order valence-electron chi connectivity index (χ2n) is 17.9. The number of thiophene rings is 1. The van der Waals surface area contributed by atoms with E-state index in [1.165, 1.54) is 6.07 Å². The van der Waals surface area contributed by atoms with Crippen LogP contribution < -0.4 is 16.0 Å². The molecule has 20 heteroatoms. The zero-order chi connectivity index (χ0) is 49.1. The van der Waals surface area contributed by atoms with Gasteiger partial charge in [0.05, 0.1) is 47.8 Å². The predicted octanol–water partition coefficient (Wildman–Crippen LogP) is 7.27. The van der Waals surface area contributed by atoms with Gasteiger partial charge >= 0.3 is 7.60 Å². The maximum absolute atomic E-state index is 14.7. The first kappa shape index (κ1) is 49.0. The van der Waals surface area contributed by atoms with Crippen LogP contribution in [0.15, 0.2) is 73.1 Å². The van der Waals surface area contributed by atoms with Crippen LogP contribution in [-0.4, -0.2) is 122 Å². The first-order valence-corrected chi connectivity index (χ1v) is 26.1.